The fourth-order valence-corrected chi connectivity index (χ4v) is 5.65. The van der Waals surface area contributed by atoms with E-state index in [9.17, 15) is 27.9 Å². The largest absolute Gasteiger partial charge is 0.478 e. The highest BCUT2D eigenvalue weighted by atomic mass is 19.4. The van der Waals surface area contributed by atoms with E-state index in [1.54, 1.807) is 47.6 Å². The molecule has 6 rings (SSSR count). The lowest BCUT2D eigenvalue weighted by atomic mass is 9.93. The number of halogens is 3. The molecule has 1 fully saturated rings. The van der Waals surface area contributed by atoms with Crippen LogP contribution >= 0.6 is 0 Å². The van der Waals surface area contributed by atoms with Gasteiger partial charge in [0.1, 0.15) is 0 Å². The molecule has 40 heavy (non-hydrogen) atoms. The van der Waals surface area contributed by atoms with Gasteiger partial charge in [0.15, 0.2) is 5.65 Å². The van der Waals surface area contributed by atoms with Gasteiger partial charge in [0, 0.05) is 29.9 Å². The van der Waals surface area contributed by atoms with Crippen LogP contribution in [0.2, 0.25) is 0 Å². The molecule has 0 spiro atoms. The van der Waals surface area contributed by atoms with Crippen LogP contribution < -0.4 is 0 Å². The number of aromatic carboxylic acids is 1. The second-order valence-electron chi connectivity index (χ2n) is 11.0. The molecule has 1 amide bonds. The third-order valence-corrected chi connectivity index (χ3v) is 8.02. The molecule has 1 aliphatic carbocycles. The summed E-state index contributed by atoms with van der Waals surface area (Å²) in [6, 6.07) is 9.14. The fourth-order valence-electron chi connectivity index (χ4n) is 5.65. The standard InChI is InChI=1S/C30H27F3N4O3/c1-15(2)22-11-18(6-7-21(22)29(39)40)23-13-34-37-9-8-25(35-27(23)37)19-10-20-14-36(16(3)17-4-5-17)28(38)26(20)24(12-19)30(31,32)33/h6-13,15-17H,4-5,14H2,1-3H3,(H,39,40)/t16-/m0/s1. The van der Waals surface area contributed by atoms with Crippen LogP contribution in [-0.4, -0.2) is 42.5 Å². The number of aromatic nitrogens is 3. The molecule has 0 radical (unpaired) electrons. The van der Waals surface area contributed by atoms with Gasteiger partial charge in [-0.2, -0.15) is 18.3 Å². The highest BCUT2D eigenvalue weighted by molar-refractivity contribution is 6.01. The number of hydrogen-bond donors (Lipinski definition) is 1. The maximum atomic E-state index is 14.2. The van der Waals surface area contributed by atoms with Crippen LogP contribution in [0.15, 0.2) is 48.8 Å². The van der Waals surface area contributed by atoms with Crippen molar-refractivity contribution in [3.8, 4) is 22.4 Å². The van der Waals surface area contributed by atoms with E-state index in [-0.39, 0.29) is 35.2 Å². The average Bonchev–Trinajstić information content (AvgIpc) is 3.59. The lowest BCUT2D eigenvalue weighted by Crippen LogP contribution is -2.35. The van der Waals surface area contributed by atoms with E-state index in [1.807, 2.05) is 20.8 Å². The summed E-state index contributed by atoms with van der Waals surface area (Å²) in [6.45, 7) is 5.85. The van der Waals surface area contributed by atoms with Crippen molar-refractivity contribution in [3.05, 3.63) is 76.6 Å². The summed E-state index contributed by atoms with van der Waals surface area (Å²) < 4.78 is 44.3. The van der Waals surface area contributed by atoms with E-state index in [0.29, 0.717) is 39.5 Å². The van der Waals surface area contributed by atoms with Gasteiger partial charge in [-0.15, -0.1) is 0 Å². The Hall–Kier alpha value is -4.21. The van der Waals surface area contributed by atoms with Crippen molar-refractivity contribution in [3.63, 3.8) is 0 Å². The van der Waals surface area contributed by atoms with Crippen molar-refractivity contribution < 1.29 is 27.9 Å². The summed E-state index contributed by atoms with van der Waals surface area (Å²) in [6.07, 6.45) is 0.483. The van der Waals surface area contributed by atoms with E-state index in [0.717, 1.165) is 18.9 Å². The summed E-state index contributed by atoms with van der Waals surface area (Å²) in [7, 11) is 0. The number of carboxylic acids is 1. The molecule has 1 N–H and O–H groups in total. The molecule has 4 aromatic rings. The number of nitrogens with zero attached hydrogens (tertiary/aromatic N) is 4. The second kappa shape index (κ2) is 9.18. The molecule has 2 aromatic carbocycles. The lowest BCUT2D eigenvalue weighted by Gasteiger charge is -2.24. The highest BCUT2D eigenvalue weighted by Crippen LogP contribution is 2.43. The number of carbonyl (C=O) groups excluding carboxylic acids is 1. The van der Waals surface area contributed by atoms with E-state index >= 15 is 0 Å². The third kappa shape index (κ3) is 4.31. The minimum absolute atomic E-state index is 0.0477. The molecule has 0 bridgehead atoms. The summed E-state index contributed by atoms with van der Waals surface area (Å²) in [4.78, 5) is 31.1. The van der Waals surface area contributed by atoms with Crippen LogP contribution in [0.1, 0.15) is 76.9 Å². The minimum Gasteiger partial charge on any atom is -0.478 e. The van der Waals surface area contributed by atoms with Crippen molar-refractivity contribution >= 4 is 17.5 Å². The molecule has 3 heterocycles. The van der Waals surface area contributed by atoms with Crippen LogP contribution in [0.25, 0.3) is 28.0 Å². The first-order chi connectivity index (χ1) is 18.9. The van der Waals surface area contributed by atoms with Gasteiger partial charge in [0.2, 0.25) is 0 Å². The van der Waals surface area contributed by atoms with Crippen molar-refractivity contribution in [1.82, 2.24) is 19.5 Å². The van der Waals surface area contributed by atoms with Gasteiger partial charge in [0.25, 0.3) is 5.91 Å². The molecule has 2 aliphatic rings. The van der Waals surface area contributed by atoms with E-state index in [2.05, 4.69) is 5.10 Å². The zero-order valence-corrected chi connectivity index (χ0v) is 22.2. The van der Waals surface area contributed by atoms with Gasteiger partial charge >= 0.3 is 12.1 Å². The number of amides is 1. The van der Waals surface area contributed by atoms with Gasteiger partial charge in [-0.25, -0.2) is 14.3 Å². The first-order valence-electron chi connectivity index (χ1n) is 13.2. The average molecular weight is 549 g/mol. The normalized spacial score (nSPS) is 16.2. The molecule has 2 aromatic heterocycles. The molecule has 1 saturated carbocycles. The zero-order chi connectivity index (χ0) is 28.5. The molecule has 1 atom stereocenters. The third-order valence-electron chi connectivity index (χ3n) is 8.02. The molecule has 0 saturated heterocycles. The van der Waals surface area contributed by atoms with Crippen molar-refractivity contribution in [1.29, 1.82) is 0 Å². The van der Waals surface area contributed by atoms with E-state index < -0.39 is 23.6 Å². The SMILES string of the molecule is CC(C)c1cc(-c2cnn3ccc(-c4cc5c(c(C(F)(F)F)c4)C(=O)N([C@@H](C)C4CC4)C5)nc23)ccc1C(=O)O. The monoisotopic (exact) mass is 548 g/mol. The topological polar surface area (TPSA) is 87.8 Å². The van der Waals surface area contributed by atoms with E-state index in [1.165, 1.54) is 4.52 Å². The zero-order valence-electron chi connectivity index (χ0n) is 22.2. The number of carboxylic acid groups (broad SMARTS) is 1. The molecule has 7 nitrogen and oxygen atoms in total. The Kier molecular flexibility index (Phi) is 5.97. The Bertz CT molecular complexity index is 1690. The van der Waals surface area contributed by atoms with Gasteiger partial charge in [-0.05, 0) is 78.6 Å². The van der Waals surface area contributed by atoms with Crippen LogP contribution in [0, 0.1) is 5.92 Å². The summed E-state index contributed by atoms with van der Waals surface area (Å²) in [5.74, 6) is -1.30. The van der Waals surface area contributed by atoms with Gasteiger partial charge < -0.3 is 10.0 Å². The number of benzene rings is 2. The molecule has 10 heteroatoms. The van der Waals surface area contributed by atoms with E-state index in [4.69, 9.17) is 4.98 Å². The molecule has 0 unspecified atom stereocenters. The number of alkyl halides is 3. The van der Waals surface area contributed by atoms with Crippen LogP contribution in [-0.2, 0) is 12.7 Å². The number of carbonyl (C=O) groups is 2. The fraction of sp³-hybridized carbons (Fsp3) is 0.333. The smallest absolute Gasteiger partial charge is 0.417 e. The quantitative estimate of drug-likeness (QED) is 0.291. The van der Waals surface area contributed by atoms with Crippen molar-refractivity contribution in [2.45, 2.75) is 58.3 Å². The maximum absolute atomic E-state index is 14.2. The van der Waals surface area contributed by atoms with Crippen molar-refractivity contribution in [2.24, 2.45) is 5.92 Å². The van der Waals surface area contributed by atoms with Crippen LogP contribution in [0.3, 0.4) is 0 Å². The Morgan fingerprint density at radius 2 is 1.82 bits per heavy atom. The minimum atomic E-state index is -4.71. The first kappa shape index (κ1) is 26.0. The Morgan fingerprint density at radius 1 is 1.07 bits per heavy atom. The summed E-state index contributed by atoms with van der Waals surface area (Å²) in [5.41, 5.74) is 2.32. The van der Waals surface area contributed by atoms with Crippen LogP contribution in [0.4, 0.5) is 13.2 Å². The summed E-state index contributed by atoms with van der Waals surface area (Å²) in [5, 5.41) is 13.9. The van der Waals surface area contributed by atoms with Crippen LogP contribution in [0.5, 0.6) is 0 Å². The maximum Gasteiger partial charge on any atom is 0.417 e. The molecule has 206 valence electrons. The highest BCUT2D eigenvalue weighted by Gasteiger charge is 2.44. The second-order valence-corrected chi connectivity index (χ2v) is 11.0. The number of rotatable bonds is 6. The Morgan fingerprint density at radius 3 is 2.48 bits per heavy atom. The lowest BCUT2D eigenvalue weighted by molar-refractivity contribution is -0.137. The molecular weight excluding hydrogens is 521 g/mol. The molecular formula is C30H27F3N4O3. The predicted octanol–water partition coefficient (Wildman–Crippen LogP) is 6.66. The van der Waals surface area contributed by atoms with Crippen molar-refractivity contribution in [2.75, 3.05) is 0 Å². The van der Waals surface area contributed by atoms with Gasteiger partial charge in [0.05, 0.1) is 28.6 Å². The first-order valence-corrected chi connectivity index (χ1v) is 13.2. The number of fused-ring (bicyclic) bond motifs is 2. The van der Waals surface area contributed by atoms with Gasteiger partial charge in [-0.3, -0.25) is 4.79 Å². The Balaban J connectivity index is 1.45. The summed E-state index contributed by atoms with van der Waals surface area (Å²) >= 11 is 0. The predicted molar refractivity (Wildman–Crippen MR) is 142 cm³/mol. The molecule has 1 aliphatic heterocycles. The van der Waals surface area contributed by atoms with Gasteiger partial charge in [-0.1, -0.05) is 19.9 Å². The Labute approximate surface area is 228 Å². The number of hydrogen-bond acceptors (Lipinski definition) is 4.